The maximum Gasteiger partial charge on any atom is 0.272 e. The van der Waals surface area contributed by atoms with Gasteiger partial charge in [-0.2, -0.15) is 0 Å². The van der Waals surface area contributed by atoms with Crippen LogP contribution in [0.25, 0.3) is 11.3 Å². The van der Waals surface area contributed by atoms with E-state index in [4.69, 9.17) is 39.2 Å². The van der Waals surface area contributed by atoms with Gasteiger partial charge in [-0.05, 0) is 62.7 Å². The van der Waals surface area contributed by atoms with Crippen molar-refractivity contribution in [2.24, 2.45) is 0 Å². The lowest BCUT2D eigenvalue weighted by molar-refractivity contribution is 0.0847. The van der Waals surface area contributed by atoms with Gasteiger partial charge in [0.2, 0.25) is 5.95 Å². The van der Waals surface area contributed by atoms with Crippen molar-refractivity contribution in [1.82, 2.24) is 20.8 Å². The molecule has 0 saturated carbocycles. The number of nitrogens with one attached hydrogen (secondary N) is 3. The van der Waals surface area contributed by atoms with Gasteiger partial charge < -0.3 is 9.73 Å². The normalized spacial score (nSPS) is 10.7. The molecule has 11 heteroatoms. The molecule has 0 radical (unpaired) electrons. The van der Waals surface area contributed by atoms with Crippen LogP contribution >= 0.6 is 34.8 Å². The highest BCUT2D eigenvalue weighted by atomic mass is 35.5. The first-order valence-electron chi connectivity index (χ1n) is 10.7. The predicted molar refractivity (Wildman–Crippen MR) is 140 cm³/mol. The van der Waals surface area contributed by atoms with Crippen molar-refractivity contribution in [3.63, 3.8) is 0 Å². The minimum Gasteiger partial charge on any atom is -0.466 e. The fourth-order valence-electron chi connectivity index (χ4n) is 3.48. The molecule has 0 aliphatic heterocycles. The summed E-state index contributed by atoms with van der Waals surface area (Å²) >= 11 is 18.0. The van der Waals surface area contributed by atoms with Gasteiger partial charge in [-0.1, -0.05) is 40.9 Å². The van der Waals surface area contributed by atoms with E-state index in [-0.39, 0.29) is 26.2 Å². The Morgan fingerprint density at radius 3 is 2.25 bits per heavy atom. The zero-order valence-corrected chi connectivity index (χ0v) is 21.6. The number of carbonyl (C=O) groups is 2. The van der Waals surface area contributed by atoms with Gasteiger partial charge in [-0.25, -0.2) is 9.97 Å². The Morgan fingerprint density at radius 1 is 0.889 bits per heavy atom. The summed E-state index contributed by atoms with van der Waals surface area (Å²) in [5, 5.41) is 3.55. The Bertz CT molecular complexity index is 1460. The number of amides is 2. The van der Waals surface area contributed by atoms with Crippen LogP contribution in [0.1, 0.15) is 37.8 Å². The number of anilines is 2. The lowest BCUT2D eigenvalue weighted by Gasteiger charge is -2.13. The molecule has 2 amide bonds. The largest absolute Gasteiger partial charge is 0.466 e. The van der Waals surface area contributed by atoms with Gasteiger partial charge in [0.05, 0.1) is 21.3 Å². The fraction of sp³-hybridized carbons (Fsp3) is 0.120. The third-order valence-electron chi connectivity index (χ3n) is 5.24. The minimum absolute atomic E-state index is 0.00521. The van der Waals surface area contributed by atoms with Crippen LogP contribution in [0.2, 0.25) is 15.1 Å². The van der Waals surface area contributed by atoms with Crippen molar-refractivity contribution < 1.29 is 14.0 Å². The Morgan fingerprint density at radius 2 is 1.58 bits per heavy atom. The average Bonchev–Trinajstić information content (AvgIpc) is 3.16. The number of hydrazine groups is 1. The number of nitrogens with zero attached hydrogens (tertiary/aromatic N) is 2. The van der Waals surface area contributed by atoms with E-state index in [2.05, 4.69) is 26.1 Å². The summed E-state index contributed by atoms with van der Waals surface area (Å²) < 4.78 is 5.60. The topological polar surface area (TPSA) is 109 Å². The van der Waals surface area contributed by atoms with E-state index in [9.17, 15) is 9.59 Å². The molecule has 0 unspecified atom stereocenters. The minimum atomic E-state index is -0.685. The van der Waals surface area contributed by atoms with E-state index < -0.39 is 11.8 Å². The van der Waals surface area contributed by atoms with Crippen molar-refractivity contribution in [3.05, 3.63) is 91.9 Å². The number of carbonyl (C=O) groups excluding carboxylic acids is 2. The van der Waals surface area contributed by atoms with E-state index in [1.165, 1.54) is 12.1 Å². The molecule has 0 atom stereocenters. The summed E-state index contributed by atoms with van der Waals surface area (Å²) in [6.45, 7) is 5.62. The highest BCUT2D eigenvalue weighted by Crippen LogP contribution is 2.29. The zero-order chi connectivity index (χ0) is 26.0. The summed E-state index contributed by atoms with van der Waals surface area (Å²) in [6.07, 6.45) is 1.64. The summed E-state index contributed by atoms with van der Waals surface area (Å²) in [6, 6.07) is 11.5. The van der Waals surface area contributed by atoms with Gasteiger partial charge in [-0.15, -0.1) is 0 Å². The van der Waals surface area contributed by atoms with E-state index in [1.807, 2.05) is 26.8 Å². The second kappa shape index (κ2) is 10.6. The number of hydrogen-bond donors (Lipinski definition) is 3. The monoisotopic (exact) mass is 543 g/mol. The van der Waals surface area contributed by atoms with Crippen LogP contribution in [0.15, 0.2) is 53.1 Å². The van der Waals surface area contributed by atoms with E-state index >= 15 is 0 Å². The molecule has 0 aliphatic rings. The van der Waals surface area contributed by atoms with Gasteiger partial charge in [0.1, 0.15) is 11.5 Å². The lowest BCUT2D eigenvalue weighted by Crippen LogP contribution is -2.41. The lowest BCUT2D eigenvalue weighted by atomic mass is 10.1. The molecule has 184 valence electrons. The first kappa shape index (κ1) is 25.5. The highest BCUT2D eigenvalue weighted by molar-refractivity contribution is 6.42. The molecule has 2 aromatic carbocycles. The quantitative estimate of drug-likeness (QED) is 0.249. The Kier molecular flexibility index (Phi) is 7.49. The van der Waals surface area contributed by atoms with E-state index in [1.54, 1.807) is 30.5 Å². The maximum atomic E-state index is 12.7. The van der Waals surface area contributed by atoms with Crippen LogP contribution < -0.4 is 16.2 Å². The van der Waals surface area contributed by atoms with Crippen LogP contribution in [0, 0.1) is 20.8 Å². The molecule has 3 N–H and O–H groups in total. The summed E-state index contributed by atoms with van der Waals surface area (Å²) in [5.41, 5.74) is 8.01. The number of benzene rings is 2. The smallest absolute Gasteiger partial charge is 0.272 e. The summed E-state index contributed by atoms with van der Waals surface area (Å²) in [7, 11) is 0. The Labute approximate surface area is 222 Å². The zero-order valence-electron chi connectivity index (χ0n) is 19.4. The van der Waals surface area contributed by atoms with Crippen LogP contribution in [0.5, 0.6) is 0 Å². The molecule has 0 aliphatic carbocycles. The number of furan rings is 1. The SMILES string of the molecule is Cc1cc(-c2ccnc(Nc3cc(C(=O)NNC(=O)c4c(Cl)cc(Cl)cc4Cl)ccc3C)n2)c(C)o1. The van der Waals surface area contributed by atoms with Gasteiger partial charge in [0.25, 0.3) is 11.8 Å². The Hall–Kier alpha value is -3.59. The second-order valence-electron chi connectivity index (χ2n) is 7.90. The molecule has 4 rings (SSSR count). The summed E-state index contributed by atoms with van der Waals surface area (Å²) in [4.78, 5) is 34.1. The third kappa shape index (κ3) is 5.62. The first-order chi connectivity index (χ1) is 17.1. The molecule has 2 heterocycles. The number of halogens is 3. The highest BCUT2D eigenvalue weighted by Gasteiger charge is 2.18. The third-order valence-corrected chi connectivity index (χ3v) is 6.06. The molecule has 0 fully saturated rings. The van der Waals surface area contributed by atoms with Crippen LogP contribution in [0.4, 0.5) is 11.6 Å². The van der Waals surface area contributed by atoms with Gasteiger partial charge >= 0.3 is 0 Å². The van der Waals surface area contributed by atoms with Gasteiger partial charge in [0, 0.05) is 28.0 Å². The van der Waals surface area contributed by atoms with Crippen molar-refractivity contribution in [1.29, 1.82) is 0 Å². The number of hydrogen-bond acceptors (Lipinski definition) is 6. The standard InChI is InChI=1S/C25H20Cl3N5O3/c1-12-4-5-15(23(34)32-33-24(35)22-18(27)10-16(26)11-19(22)28)9-21(12)31-25-29-7-6-20(30-25)17-8-13(2)36-14(17)3/h4-11H,1-3H3,(H,32,34)(H,33,35)(H,29,30,31). The molecule has 4 aromatic rings. The molecule has 0 saturated heterocycles. The molecular formula is C25H20Cl3N5O3. The van der Waals surface area contributed by atoms with Crippen molar-refractivity contribution in [2.75, 3.05) is 5.32 Å². The van der Waals surface area contributed by atoms with Gasteiger partial charge in [-0.3, -0.25) is 20.4 Å². The van der Waals surface area contributed by atoms with Crippen molar-refractivity contribution in [2.45, 2.75) is 20.8 Å². The summed E-state index contributed by atoms with van der Waals surface area (Å²) in [5.74, 6) is 0.669. The number of aryl methyl sites for hydroxylation is 3. The molecular weight excluding hydrogens is 525 g/mol. The average molecular weight is 545 g/mol. The molecule has 36 heavy (non-hydrogen) atoms. The second-order valence-corrected chi connectivity index (χ2v) is 9.15. The molecule has 0 bridgehead atoms. The molecule has 8 nitrogen and oxygen atoms in total. The van der Waals surface area contributed by atoms with E-state index in [0.717, 1.165) is 22.6 Å². The van der Waals surface area contributed by atoms with Crippen LogP contribution in [-0.2, 0) is 0 Å². The predicted octanol–water partition coefficient (Wildman–Crippen LogP) is 6.44. The number of aromatic nitrogens is 2. The fourth-order valence-corrected chi connectivity index (χ4v) is 4.47. The molecule has 2 aromatic heterocycles. The van der Waals surface area contributed by atoms with Crippen LogP contribution in [-0.4, -0.2) is 21.8 Å². The van der Waals surface area contributed by atoms with Crippen molar-refractivity contribution in [3.8, 4) is 11.3 Å². The first-order valence-corrected chi connectivity index (χ1v) is 11.8. The molecule has 0 spiro atoms. The maximum absolute atomic E-state index is 12.7. The van der Waals surface area contributed by atoms with Gasteiger partial charge in [0.15, 0.2) is 0 Å². The van der Waals surface area contributed by atoms with Crippen LogP contribution in [0.3, 0.4) is 0 Å². The van der Waals surface area contributed by atoms with E-state index in [0.29, 0.717) is 17.3 Å². The number of rotatable bonds is 5. The van der Waals surface area contributed by atoms with Crippen molar-refractivity contribution >= 4 is 58.3 Å². The Balaban J connectivity index is 1.49.